The Morgan fingerprint density at radius 3 is 2.26 bits per heavy atom. The van der Waals surface area contributed by atoms with Gasteiger partial charge >= 0.3 is 0 Å². The smallest absolute Gasteiger partial charge is 0.223 e. The number of nitrogen functional groups attached to an aromatic ring is 1. The van der Waals surface area contributed by atoms with E-state index in [9.17, 15) is 4.79 Å². The van der Waals surface area contributed by atoms with Gasteiger partial charge in [0.05, 0.1) is 0 Å². The summed E-state index contributed by atoms with van der Waals surface area (Å²) in [4.78, 5) is 11.9. The van der Waals surface area contributed by atoms with E-state index >= 15 is 0 Å². The maximum absolute atomic E-state index is 11.9. The van der Waals surface area contributed by atoms with Crippen molar-refractivity contribution in [1.29, 1.82) is 0 Å². The van der Waals surface area contributed by atoms with Crippen LogP contribution in [0.1, 0.15) is 33.3 Å². The summed E-state index contributed by atoms with van der Waals surface area (Å²) in [5.41, 5.74) is 7.58. The molecule has 1 aromatic rings. The second-order valence-electron chi connectivity index (χ2n) is 5.87. The fourth-order valence-electron chi connectivity index (χ4n) is 1.56. The summed E-state index contributed by atoms with van der Waals surface area (Å²) in [6.07, 6.45) is 0.836. The summed E-state index contributed by atoms with van der Waals surface area (Å²) in [6, 6.07) is 7.76. The molecule has 0 aliphatic carbocycles. The highest BCUT2D eigenvalue weighted by atomic mass is 35.5. The van der Waals surface area contributed by atoms with Gasteiger partial charge in [-0.3, -0.25) is 4.79 Å². The zero-order valence-corrected chi connectivity index (χ0v) is 13.0. The van der Waals surface area contributed by atoms with Crippen LogP contribution in [0.2, 0.25) is 0 Å². The molecule has 0 heterocycles. The number of amides is 1. The highest BCUT2D eigenvalue weighted by molar-refractivity contribution is 5.85. The molecule has 0 fully saturated rings. The van der Waals surface area contributed by atoms with Gasteiger partial charge in [0.1, 0.15) is 0 Å². The van der Waals surface area contributed by atoms with Crippen LogP contribution in [0.25, 0.3) is 0 Å². The molecule has 0 saturated heterocycles. The van der Waals surface area contributed by atoms with Crippen molar-refractivity contribution in [2.75, 3.05) is 12.3 Å². The predicted molar refractivity (Wildman–Crippen MR) is 83.4 cm³/mol. The highest BCUT2D eigenvalue weighted by Crippen LogP contribution is 2.25. The normalized spacial score (nSPS) is 12.4. The van der Waals surface area contributed by atoms with Crippen LogP contribution in [-0.4, -0.2) is 12.5 Å². The lowest BCUT2D eigenvalue weighted by Gasteiger charge is -2.26. The Hall–Kier alpha value is -1.22. The van der Waals surface area contributed by atoms with Gasteiger partial charge in [-0.15, -0.1) is 12.4 Å². The highest BCUT2D eigenvalue weighted by Gasteiger charge is 2.26. The molecular weight excluding hydrogens is 260 g/mol. The van der Waals surface area contributed by atoms with Crippen molar-refractivity contribution in [3.05, 3.63) is 29.8 Å². The first-order valence-corrected chi connectivity index (χ1v) is 6.43. The fourth-order valence-corrected chi connectivity index (χ4v) is 1.56. The van der Waals surface area contributed by atoms with E-state index in [0.29, 0.717) is 6.54 Å². The first-order valence-electron chi connectivity index (χ1n) is 6.43. The van der Waals surface area contributed by atoms with Crippen LogP contribution in [0.15, 0.2) is 24.3 Å². The average Bonchev–Trinajstić information content (AvgIpc) is 2.29. The molecule has 108 valence electrons. The molecule has 4 heteroatoms. The van der Waals surface area contributed by atoms with E-state index in [1.807, 2.05) is 31.2 Å². The molecule has 1 atom stereocenters. The minimum atomic E-state index is 0. The Morgan fingerprint density at radius 1 is 1.26 bits per heavy atom. The maximum atomic E-state index is 11.9. The Bertz CT molecular complexity index is 396. The van der Waals surface area contributed by atoms with Gasteiger partial charge < -0.3 is 11.1 Å². The second kappa shape index (κ2) is 7.39. The van der Waals surface area contributed by atoms with Crippen molar-refractivity contribution in [3.63, 3.8) is 0 Å². The molecule has 0 aromatic heterocycles. The molecule has 0 bridgehead atoms. The third-order valence-electron chi connectivity index (χ3n) is 3.38. The molecule has 0 spiro atoms. The number of hydrogen-bond donors (Lipinski definition) is 2. The van der Waals surface area contributed by atoms with Gasteiger partial charge in [-0.1, -0.05) is 39.8 Å². The van der Waals surface area contributed by atoms with Crippen molar-refractivity contribution < 1.29 is 4.79 Å². The first-order chi connectivity index (χ1) is 8.30. The Balaban J connectivity index is 0.00000324. The summed E-state index contributed by atoms with van der Waals surface area (Å²) in [6.45, 7) is 8.88. The van der Waals surface area contributed by atoms with Crippen molar-refractivity contribution in [3.8, 4) is 0 Å². The summed E-state index contributed by atoms with van der Waals surface area (Å²) in [7, 11) is 0. The van der Waals surface area contributed by atoms with Gasteiger partial charge in [-0.25, -0.2) is 0 Å². The van der Waals surface area contributed by atoms with E-state index in [2.05, 4.69) is 26.1 Å². The summed E-state index contributed by atoms with van der Waals surface area (Å²) in [5, 5.41) is 2.98. The van der Waals surface area contributed by atoms with Gasteiger partial charge in [0.2, 0.25) is 5.91 Å². The number of rotatable bonds is 4. The summed E-state index contributed by atoms with van der Waals surface area (Å²) < 4.78 is 0. The SMILES string of the molecule is CC(C(=O)NCCc1ccc(N)cc1)C(C)(C)C.Cl. The lowest BCUT2D eigenvalue weighted by atomic mass is 9.81. The van der Waals surface area contributed by atoms with Crippen LogP contribution < -0.4 is 11.1 Å². The average molecular weight is 285 g/mol. The Labute approximate surface area is 122 Å². The number of carbonyl (C=O) groups excluding carboxylic acids is 1. The molecule has 0 aliphatic rings. The predicted octanol–water partition coefficient (Wildman–Crippen LogP) is 3.03. The summed E-state index contributed by atoms with van der Waals surface area (Å²) >= 11 is 0. The van der Waals surface area contributed by atoms with Crippen molar-refractivity contribution in [1.82, 2.24) is 5.32 Å². The van der Waals surface area contributed by atoms with Crippen LogP contribution in [-0.2, 0) is 11.2 Å². The van der Waals surface area contributed by atoms with Crippen LogP contribution >= 0.6 is 12.4 Å². The number of benzene rings is 1. The molecule has 3 N–H and O–H groups in total. The largest absolute Gasteiger partial charge is 0.399 e. The molecule has 1 rings (SSSR count). The standard InChI is InChI=1S/C15H24N2O.ClH/c1-11(15(2,3)4)14(18)17-10-9-12-5-7-13(16)8-6-12;/h5-8,11H,9-10,16H2,1-4H3,(H,17,18);1H. The van der Waals surface area contributed by atoms with E-state index in [4.69, 9.17) is 5.73 Å². The van der Waals surface area contributed by atoms with Crippen LogP contribution in [0, 0.1) is 11.3 Å². The van der Waals surface area contributed by atoms with Gasteiger partial charge in [0.15, 0.2) is 0 Å². The number of halogens is 1. The zero-order chi connectivity index (χ0) is 13.8. The molecule has 0 saturated carbocycles. The molecule has 1 unspecified atom stereocenters. The van der Waals surface area contributed by atoms with Crippen molar-refractivity contribution in [2.24, 2.45) is 11.3 Å². The third-order valence-corrected chi connectivity index (χ3v) is 3.38. The topological polar surface area (TPSA) is 55.1 Å². The lowest BCUT2D eigenvalue weighted by molar-refractivity contribution is -0.127. The molecule has 1 amide bonds. The van der Waals surface area contributed by atoms with E-state index in [0.717, 1.165) is 12.1 Å². The summed E-state index contributed by atoms with van der Waals surface area (Å²) in [5.74, 6) is 0.141. The molecular formula is C15H25ClN2O. The Morgan fingerprint density at radius 2 is 1.79 bits per heavy atom. The van der Waals surface area contributed by atoms with Gasteiger partial charge in [0, 0.05) is 18.2 Å². The number of carbonyl (C=O) groups is 1. The number of anilines is 1. The lowest BCUT2D eigenvalue weighted by Crippen LogP contribution is -2.37. The molecule has 19 heavy (non-hydrogen) atoms. The minimum absolute atomic E-state index is 0. The first kappa shape index (κ1) is 17.8. The molecule has 3 nitrogen and oxygen atoms in total. The molecule has 0 aliphatic heterocycles. The zero-order valence-electron chi connectivity index (χ0n) is 12.2. The van der Waals surface area contributed by atoms with Crippen molar-refractivity contribution >= 4 is 24.0 Å². The third kappa shape index (κ3) is 5.97. The van der Waals surface area contributed by atoms with Crippen LogP contribution in [0.3, 0.4) is 0 Å². The second-order valence-corrected chi connectivity index (χ2v) is 5.87. The Kier molecular flexibility index (Phi) is 6.91. The van der Waals surface area contributed by atoms with Gasteiger partial charge in [-0.05, 0) is 29.5 Å². The minimum Gasteiger partial charge on any atom is -0.399 e. The van der Waals surface area contributed by atoms with Crippen LogP contribution in [0.5, 0.6) is 0 Å². The van der Waals surface area contributed by atoms with Crippen molar-refractivity contribution in [2.45, 2.75) is 34.1 Å². The molecule has 0 radical (unpaired) electrons. The van der Waals surface area contributed by atoms with Gasteiger partial charge in [0.25, 0.3) is 0 Å². The van der Waals surface area contributed by atoms with Gasteiger partial charge in [-0.2, -0.15) is 0 Å². The molecule has 1 aromatic carbocycles. The van der Waals surface area contributed by atoms with E-state index in [-0.39, 0.29) is 29.6 Å². The fraction of sp³-hybridized carbons (Fsp3) is 0.533. The van der Waals surface area contributed by atoms with E-state index in [1.165, 1.54) is 5.56 Å². The van der Waals surface area contributed by atoms with E-state index < -0.39 is 0 Å². The van der Waals surface area contributed by atoms with E-state index in [1.54, 1.807) is 0 Å². The van der Waals surface area contributed by atoms with Crippen LogP contribution in [0.4, 0.5) is 5.69 Å². The monoisotopic (exact) mass is 284 g/mol. The maximum Gasteiger partial charge on any atom is 0.223 e. The number of nitrogens with two attached hydrogens (primary N) is 1. The number of nitrogens with one attached hydrogen (secondary N) is 1. The quantitative estimate of drug-likeness (QED) is 0.835. The number of hydrogen-bond acceptors (Lipinski definition) is 2.